The van der Waals surface area contributed by atoms with Crippen molar-refractivity contribution in [1.29, 1.82) is 5.26 Å². The normalized spacial score (nSPS) is 17.1. The Kier molecular flexibility index (Phi) is 4.72. The van der Waals surface area contributed by atoms with Crippen LogP contribution in [0, 0.1) is 28.4 Å². The molecule has 0 aromatic heterocycles. The molecule has 0 radical (unpaired) electrons. The first-order valence-electron chi connectivity index (χ1n) is 7.19. The van der Waals surface area contributed by atoms with Gasteiger partial charge in [0.15, 0.2) is 0 Å². The summed E-state index contributed by atoms with van der Waals surface area (Å²) in [6.07, 6.45) is 5.96. The largest absolute Gasteiger partial charge is 0.312 e. The Bertz CT molecular complexity index is 491. The summed E-state index contributed by atoms with van der Waals surface area (Å²) in [6, 6.07) is 3.93. The number of hydrogen-bond donors (Lipinski definition) is 1. The van der Waals surface area contributed by atoms with E-state index in [0.717, 1.165) is 25.1 Å². The maximum absolute atomic E-state index is 13.7. The van der Waals surface area contributed by atoms with Crippen molar-refractivity contribution in [2.24, 2.45) is 5.41 Å². The minimum atomic E-state index is -0.647. The van der Waals surface area contributed by atoms with Gasteiger partial charge in [-0.3, -0.25) is 0 Å². The van der Waals surface area contributed by atoms with Crippen molar-refractivity contribution in [2.45, 2.75) is 45.6 Å². The summed E-state index contributed by atoms with van der Waals surface area (Å²) < 4.78 is 27.5. The third-order valence-corrected chi connectivity index (χ3v) is 4.49. The summed E-state index contributed by atoms with van der Waals surface area (Å²) >= 11 is 0. The molecule has 108 valence electrons. The lowest BCUT2D eigenvalue weighted by molar-refractivity contribution is 0.267. The molecule has 0 heterocycles. The van der Waals surface area contributed by atoms with Crippen LogP contribution in [0.3, 0.4) is 0 Å². The average Bonchev–Trinajstić information content (AvgIpc) is 2.91. The van der Waals surface area contributed by atoms with E-state index in [1.165, 1.54) is 25.7 Å². The second kappa shape index (κ2) is 6.32. The van der Waals surface area contributed by atoms with Gasteiger partial charge in [0.1, 0.15) is 11.6 Å². The fourth-order valence-corrected chi connectivity index (χ4v) is 3.07. The zero-order chi connectivity index (χ0) is 14.6. The molecule has 1 N–H and O–H groups in total. The molecule has 0 unspecified atom stereocenters. The zero-order valence-electron chi connectivity index (χ0n) is 11.8. The lowest BCUT2D eigenvalue weighted by Crippen LogP contribution is -2.31. The van der Waals surface area contributed by atoms with Crippen LogP contribution in [-0.4, -0.2) is 6.54 Å². The Hall–Kier alpha value is -1.47. The number of benzene rings is 1. The van der Waals surface area contributed by atoms with E-state index in [4.69, 9.17) is 5.26 Å². The van der Waals surface area contributed by atoms with E-state index in [1.54, 1.807) is 6.07 Å². The summed E-state index contributed by atoms with van der Waals surface area (Å²) in [4.78, 5) is 0. The molecule has 2 nitrogen and oxygen atoms in total. The summed E-state index contributed by atoms with van der Waals surface area (Å²) in [7, 11) is 0. The predicted molar refractivity (Wildman–Crippen MR) is 74.0 cm³/mol. The topological polar surface area (TPSA) is 35.8 Å². The van der Waals surface area contributed by atoms with Crippen LogP contribution in [0.5, 0.6) is 0 Å². The highest BCUT2D eigenvalue weighted by Crippen LogP contribution is 2.40. The molecule has 1 aromatic rings. The molecule has 20 heavy (non-hydrogen) atoms. The summed E-state index contributed by atoms with van der Waals surface area (Å²) in [5.41, 5.74) is 0.331. The molecule has 4 heteroatoms. The molecule has 0 aliphatic heterocycles. The van der Waals surface area contributed by atoms with Crippen molar-refractivity contribution in [3.05, 3.63) is 34.9 Å². The Morgan fingerprint density at radius 1 is 1.25 bits per heavy atom. The maximum Gasteiger partial charge on any atom is 0.131 e. The van der Waals surface area contributed by atoms with E-state index in [-0.39, 0.29) is 17.7 Å². The van der Waals surface area contributed by atoms with Gasteiger partial charge in [-0.05, 0) is 36.8 Å². The van der Waals surface area contributed by atoms with Crippen molar-refractivity contribution >= 4 is 0 Å². The lowest BCUT2D eigenvalue weighted by atomic mass is 9.83. The van der Waals surface area contributed by atoms with E-state index in [9.17, 15) is 8.78 Å². The van der Waals surface area contributed by atoms with E-state index < -0.39 is 11.6 Å². The van der Waals surface area contributed by atoms with Gasteiger partial charge >= 0.3 is 0 Å². The first-order valence-corrected chi connectivity index (χ1v) is 7.19. The quantitative estimate of drug-likeness (QED) is 0.886. The van der Waals surface area contributed by atoms with Crippen LogP contribution in [0.15, 0.2) is 12.1 Å². The third-order valence-electron chi connectivity index (χ3n) is 4.49. The number of nitrogens with one attached hydrogen (secondary N) is 1. The standard InChI is InChI=1S/C16H20F2N2/c1-2-16(5-3-4-6-16)11-20-10-13-14(17)7-12(9-19)8-15(13)18/h7-8,20H,2-6,10-11H2,1H3. The smallest absolute Gasteiger partial charge is 0.131 e. The van der Waals surface area contributed by atoms with Crippen molar-refractivity contribution < 1.29 is 8.78 Å². The molecule has 2 rings (SSSR count). The molecule has 0 atom stereocenters. The second-order valence-electron chi connectivity index (χ2n) is 5.69. The Morgan fingerprint density at radius 3 is 2.35 bits per heavy atom. The number of hydrogen-bond acceptors (Lipinski definition) is 2. The molecule has 1 fully saturated rings. The fourth-order valence-electron chi connectivity index (χ4n) is 3.07. The monoisotopic (exact) mass is 278 g/mol. The third kappa shape index (κ3) is 3.16. The van der Waals surface area contributed by atoms with Crippen molar-refractivity contribution in [1.82, 2.24) is 5.32 Å². The molecule has 0 bridgehead atoms. The van der Waals surface area contributed by atoms with Gasteiger partial charge in [0, 0.05) is 18.7 Å². The molecular formula is C16H20F2N2. The predicted octanol–water partition coefficient (Wildman–Crippen LogP) is 3.90. The number of rotatable bonds is 5. The van der Waals surface area contributed by atoms with Gasteiger partial charge in [-0.1, -0.05) is 19.8 Å². The van der Waals surface area contributed by atoms with E-state index in [2.05, 4.69) is 12.2 Å². The van der Waals surface area contributed by atoms with Crippen molar-refractivity contribution in [3.63, 3.8) is 0 Å². The van der Waals surface area contributed by atoms with E-state index in [0.29, 0.717) is 5.41 Å². The van der Waals surface area contributed by atoms with Gasteiger partial charge in [0.25, 0.3) is 0 Å². The Morgan fingerprint density at radius 2 is 1.85 bits per heavy atom. The van der Waals surface area contributed by atoms with E-state index in [1.807, 2.05) is 0 Å². The van der Waals surface area contributed by atoms with Crippen LogP contribution in [0.2, 0.25) is 0 Å². The summed E-state index contributed by atoms with van der Waals surface area (Å²) in [5.74, 6) is -1.29. The Balaban J connectivity index is 1.99. The van der Waals surface area contributed by atoms with Gasteiger partial charge in [0.05, 0.1) is 11.6 Å². The average molecular weight is 278 g/mol. The van der Waals surface area contributed by atoms with E-state index >= 15 is 0 Å². The van der Waals surface area contributed by atoms with Gasteiger partial charge in [-0.2, -0.15) is 5.26 Å². The Labute approximate surface area is 118 Å². The van der Waals surface area contributed by atoms with Gasteiger partial charge in [0.2, 0.25) is 0 Å². The first kappa shape index (κ1) is 14.9. The number of halogens is 2. The highest BCUT2D eigenvalue weighted by atomic mass is 19.1. The molecule has 1 aliphatic carbocycles. The van der Waals surface area contributed by atoms with Gasteiger partial charge in [-0.15, -0.1) is 0 Å². The molecule has 1 aromatic carbocycles. The van der Waals surface area contributed by atoms with Crippen molar-refractivity contribution in [3.8, 4) is 6.07 Å². The molecular weight excluding hydrogens is 258 g/mol. The molecule has 1 saturated carbocycles. The van der Waals surface area contributed by atoms with Crippen LogP contribution in [0.25, 0.3) is 0 Å². The number of nitriles is 1. The summed E-state index contributed by atoms with van der Waals surface area (Å²) in [5, 5.41) is 11.9. The lowest BCUT2D eigenvalue weighted by Gasteiger charge is -2.27. The van der Waals surface area contributed by atoms with Crippen LogP contribution in [0.4, 0.5) is 8.78 Å². The maximum atomic E-state index is 13.7. The number of nitrogens with zero attached hydrogens (tertiary/aromatic N) is 1. The molecule has 0 saturated heterocycles. The second-order valence-corrected chi connectivity index (χ2v) is 5.69. The van der Waals surface area contributed by atoms with Crippen molar-refractivity contribution in [2.75, 3.05) is 6.54 Å². The highest BCUT2D eigenvalue weighted by molar-refractivity contribution is 5.34. The van der Waals surface area contributed by atoms with Gasteiger partial charge < -0.3 is 5.32 Å². The fraction of sp³-hybridized carbons (Fsp3) is 0.562. The highest BCUT2D eigenvalue weighted by Gasteiger charge is 2.31. The van der Waals surface area contributed by atoms with Crippen LogP contribution in [0.1, 0.15) is 50.2 Å². The molecule has 0 spiro atoms. The minimum absolute atomic E-state index is 0.0181. The van der Waals surface area contributed by atoms with Crippen LogP contribution >= 0.6 is 0 Å². The summed E-state index contributed by atoms with van der Waals surface area (Å²) in [6.45, 7) is 3.14. The minimum Gasteiger partial charge on any atom is -0.312 e. The SMILES string of the molecule is CCC1(CNCc2c(F)cc(C#N)cc2F)CCCC1. The molecule has 0 amide bonds. The van der Waals surface area contributed by atoms with Crippen LogP contribution < -0.4 is 5.32 Å². The zero-order valence-corrected chi connectivity index (χ0v) is 11.8. The first-order chi connectivity index (χ1) is 9.60. The van der Waals surface area contributed by atoms with Gasteiger partial charge in [-0.25, -0.2) is 8.78 Å². The molecule has 1 aliphatic rings. The van der Waals surface area contributed by atoms with Crippen LogP contribution in [-0.2, 0) is 6.54 Å².